The van der Waals surface area contributed by atoms with E-state index in [9.17, 15) is 23.3 Å². The first kappa shape index (κ1) is 22.3. The normalized spacial score (nSPS) is 15.9. The van der Waals surface area contributed by atoms with Crippen LogP contribution in [0.1, 0.15) is 32.1 Å². The van der Waals surface area contributed by atoms with Gasteiger partial charge in [0.05, 0.1) is 15.4 Å². The highest BCUT2D eigenvalue weighted by atomic mass is 35.5. The van der Waals surface area contributed by atoms with Crippen LogP contribution in [0.2, 0.25) is 0 Å². The Morgan fingerprint density at radius 2 is 1.81 bits per heavy atom. The maximum absolute atomic E-state index is 12.1. The van der Waals surface area contributed by atoms with Gasteiger partial charge >= 0.3 is 0 Å². The number of halogens is 1. The highest BCUT2D eigenvalue weighted by Gasteiger charge is 2.33. The van der Waals surface area contributed by atoms with Crippen LogP contribution >= 0.6 is 12.4 Å². The van der Waals surface area contributed by atoms with Gasteiger partial charge in [0.1, 0.15) is 0 Å². The fourth-order valence-electron chi connectivity index (χ4n) is 2.92. The second-order valence-corrected chi connectivity index (χ2v) is 7.91. The lowest BCUT2D eigenvalue weighted by Crippen LogP contribution is -2.52. The van der Waals surface area contributed by atoms with Crippen molar-refractivity contribution >= 4 is 34.0 Å². The third-order valence-corrected chi connectivity index (χ3v) is 5.83. The third-order valence-electron chi connectivity index (χ3n) is 4.36. The molecule has 1 amide bonds. The van der Waals surface area contributed by atoms with Gasteiger partial charge in [0.15, 0.2) is 0 Å². The number of benzene rings is 1. The Labute approximate surface area is 158 Å². The number of non-ortho nitro benzene ring substituents is 1. The Morgan fingerprint density at radius 1 is 1.23 bits per heavy atom. The average molecular weight is 407 g/mol. The number of nitrogens with one attached hydrogen (secondary N) is 2. The Hall–Kier alpha value is -1.75. The highest BCUT2D eigenvalue weighted by molar-refractivity contribution is 7.89. The number of rotatable bonds is 8. The van der Waals surface area contributed by atoms with Crippen molar-refractivity contribution in [2.75, 3.05) is 13.1 Å². The van der Waals surface area contributed by atoms with Gasteiger partial charge in [-0.15, -0.1) is 12.4 Å². The van der Waals surface area contributed by atoms with Gasteiger partial charge in [-0.1, -0.05) is 12.8 Å². The first-order valence-electron chi connectivity index (χ1n) is 8.03. The summed E-state index contributed by atoms with van der Waals surface area (Å²) in [5.74, 6) is -0.251. The molecule has 1 aromatic rings. The van der Waals surface area contributed by atoms with E-state index < -0.39 is 14.9 Å². The number of sulfonamides is 1. The number of hydrogen-bond acceptors (Lipinski definition) is 6. The van der Waals surface area contributed by atoms with E-state index >= 15 is 0 Å². The van der Waals surface area contributed by atoms with E-state index in [1.54, 1.807) is 0 Å². The maximum Gasteiger partial charge on any atom is 0.269 e. The number of nitro groups is 1. The van der Waals surface area contributed by atoms with E-state index in [0.29, 0.717) is 6.54 Å². The molecule has 1 saturated carbocycles. The largest absolute Gasteiger partial charge is 0.349 e. The van der Waals surface area contributed by atoms with Crippen LogP contribution in [0, 0.1) is 10.1 Å². The van der Waals surface area contributed by atoms with Crippen LogP contribution in [-0.4, -0.2) is 37.9 Å². The molecule has 0 radical (unpaired) electrons. The van der Waals surface area contributed by atoms with E-state index in [-0.39, 0.29) is 47.4 Å². The number of nitro benzene ring substituents is 1. The monoisotopic (exact) mass is 406 g/mol. The van der Waals surface area contributed by atoms with E-state index in [0.717, 1.165) is 49.9 Å². The second-order valence-electron chi connectivity index (χ2n) is 6.14. The minimum absolute atomic E-state index is 0. The van der Waals surface area contributed by atoms with Crippen LogP contribution < -0.4 is 15.8 Å². The summed E-state index contributed by atoms with van der Waals surface area (Å²) < 4.78 is 26.6. The minimum atomic E-state index is -3.82. The number of nitrogens with zero attached hydrogens (tertiary/aromatic N) is 1. The number of carbonyl (C=O) groups excluding carboxylic acids is 1. The zero-order chi connectivity index (χ0) is 18.5. The van der Waals surface area contributed by atoms with Gasteiger partial charge in [0, 0.05) is 31.6 Å². The van der Waals surface area contributed by atoms with Crippen molar-refractivity contribution in [1.29, 1.82) is 0 Å². The molecule has 0 saturated heterocycles. The van der Waals surface area contributed by atoms with E-state index in [4.69, 9.17) is 5.73 Å². The van der Waals surface area contributed by atoms with Crippen molar-refractivity contribution in [3.8, 4) is 0 Å². The summed E-state index contributed by atoms with van der Waals surface area (Å²) in [6, 6.07) is 4.55. The Bertz CT molecular complexity index is 733. The number of carbonyl (C=O) groups is 1. The minimum Gasteiger partial charge on any atom is -0.349 e. The summed E-state index contributed by atoms with van der Waals surface area (Å²) in [4.78, 5) is 21.9. The molecule has 0 aliphatic heterocycles. The van der Waals surface area contributed by atoms with Crippen molar-refractivity contribution in [1.82, 2.24) is 10.0 Å². The van der Waals surface area contributed by atoms with Crippen molar-refractivity contribution < 1.29 is 18.1 Å². The summed E-state index contributed by atoms with van der Waals surface area (Å²) in [5, 5.41) is 13.5. The lowest BCUT2D eigenvalue weighted by atomic mass is 9.97. The van der Waals surface area contributed by atoms with Crippen LogP contribution in [-0.2, 0) is 14.8 Å². The molecule has 1 aromatic carbocycles. The quantitative estimate of drug-likeness (QED) is 0.435. The zero-order valence-electron chi connectivity index (χ0n) is 14.1. The molecule has 4 N–H and O–H groups in total. The highest BCUT2D eigenvalue weighted by Crippen LogP contribution is 2.28. The molecule has 26 heavy (non-hydrogen) atoms. The molecule has 11 heteroatoms. The standard InChI is InChI=1S/C15H22N4O5S.ClH/c16-11-15(8-1-2-9-15)18-14(20)7-10-17-25(23,24)13-5-3-12(4-6-13)19(21)22;/h3-6,17H,1-2,7-11,16H2,(H,18,20);1H. The van der Waals surface area contributed by atoms with Crippen LogP contribution in [0.5, 0.6) is 0 Å². The summed E-state index contributed by atoms with van der Waals surface area (Å²) in [5.41, 5.74) is 5.19. The van der Waals surface area contributed by atoms with Gasteiger partial charge in [-0.25, -0.2) is 13.1 Å². The van der Waals surface area contributed by atoms with Gasteiger partial charge in [0.2, 0.25) is 15.9 Å². The molecule has 0 aromatic heterocycles. The predicted molar refractivity (Wildman–Crippen MR) is 98.5 cm³/mol. The molecular weight excluding hydrogens is 384 g/mol. The van der Waals surface area contributed by atoms with Crippen molar-refractivity contribution in [3.63, 3.8) is 0 Å². The smallest absolute Gasteiger partial charge is 0.269 e. The van der Waals surface area contributed by atoms with E-state index in [2.05, 4.69) is 10.0 Å². The fraction of sp³-hybridized carbons (Fsp3) is 0.533. The van der Waals surface area contributed by atoms with Crippen molar-refractivity contribution in [2.24, 2.45) is 5.73 Å². The Kier molecular flexibility index (Phi) is 7.94. The summed E-state index contributed by atoms with van der Waals surface area (Å²) in [6.45, 7) is 0.305. The molecule has 0 unspecified atom stereocenters. The van der Waals surface area contributed by atoms with E-state index in [1.807, 2.05) is 0 Å². The van der Waals surface area contributed by atoms with Gasteiger partial charge in [-0.05, 0) is 25.0 Å². The van der Waals surface area contributed by atoms with Crippen LogP contribution in [0.15, 0.2) is 29.2 Å². The topological polar surface area (TPSA) is 144 Å². The molecule has 1 aliphatic rings. The van der Waals surface area contributed by atoms with Gasteiger partial charge in [-0.2, -0.15) is 0 Å². The van der Waals surface area contributed by atoms with Crippen LogP contribution in [0.25, 0.3) is 0 Å². The van der Waals surface area contributed by atoms with Gasteiger partial charge in [0.25, 0.3) is 5.69 Å². The molecule has 1 fully saturated rings. The lowest BCUT2D eigenvalue weighted by Gasteiger charge is -2.28. The molecule has 2 rings (SSSR count). The zero-order valence-corrected chi connectivity index (χ0v) is 15.8. The first-order valence-corrected chi connectivity index (χ1v) is 9.52. The second kappa shape index (κ2) is 9.26. The molecular formula is C15H23ClN4O5S. The molecule has 0 heterocycles. The first-order chi connectivity index (χ1) is 11.8. The molecule has 146 valence electrons. The lowest BCUT2D eigenvalue weighted by molar-refractivity contribution is -0.384. The summed E-state index contributed by atoms with van der Waals surface area (Å²) >= 11 is 0. The van der Waals surface area contributed by atoms with Gasteiger partial charge in [-0.3, -0.25) is 14.9 Å². The van der Waals surface area contributed by atoms with Crippen LogP contribution in [0.4, 0.5) is 5.69 Å². The Balaban J connectivity index is 0.00000338. The fourth-order valence-corrected chi connectivity index (χ4v) is 3.95. The number of hydrogen-bond donors (Lipinski definition) is 3. The van der Waals surface area contributed by atoms with Crippen LogP contribution in [0.3, 0.4) is 0 Å². The molecule has 1 aliphatic carbocycles. The SMILES string of the molecule is Cl.NCC1(NC(=O)CCNS(=O)(=O)c2ccc([N+](=O)[O-])cc2)CCCC1. The molecule has 0 atom stereocenters. The molecule has 0 bridgehead atoms. The van der Waals surface area contributed by atoms with Gasteiger partial charge < -0.3 is 11.1 Å². The van der Waals surface area contributed by atoms with Crippen molar-refractivity contribution in [2.45, 2.75) is 42.5 Å². The summed E-state index contributed by atoms with van der Waals surface area (Å²) in [7, 11) is -3.82. The molecule has 0 spiro atoms. The summed E-state index contributed by atoms with van der Waals surface area (Å²) in [6.07, 6.45) is 3.70. The Morgan fingerprint density at radius 3 is 2.31 bits per heavy atom. The van der Waals surface area contributed by atoms with Crippen molar-refractivity contribution in [3.05, 3.63) is 34.4 Å². The maximum atomic E-state index is 12.1. The predicted octanol–water partition coefficient (Wildman–Crippen LogP) is 1.07. The molecule has 9 nitrogen and oxygen atoms in total. The third kappa shape index (κ3) is 5.63. The average Bonchev–Trinajstić information content (AvgIpc) is 3.03. The number of nitrogens with two attached hydrogens (primary N) is 1. The number of amides is 1. The van der Waals surface area contributed by atoms with E-state index in [1.165, 1.54) is 0 Å².